The summed E-state index contributed by atoms with van der Waals surface area (Å²) in [5.74, 6) is -0.529. The lowest BCUT2D eigenvalue weighted by Gasteiger charge is -2.46. The van der Waals surface area contributed by atoms with Crippen molar-refractivity contribution >= 4 is 17.5 Å². The summed E-state index contributed by atoms with van der Waals surface area (Å²) in [6.07, 6.45) is 0. The minimum atomic E-state index is -0.347. The van der Waals surface area contributed by atoms with Gasteiger partial charge in [-0.3, -0.25) is 14.6 Å². The monoisotopic (exact) mass is 405 g/mol. The van der Waals surface area contributed by atoms with Gasteiger partial charge in [0.15, 0.2) is 0 Å². The van der Waals surface area contributed by atoms with E-state index in [4.69, 9.17) is 11.6 Å². The molecule has 4 rings (SSSR count). The van der Waals surface area contributed by atoms with Gasteiger partial charge in [0.05, 0.1) is 0 Å². The van der Waals surface area contributed by atoms with Crippen LogP contribution >= 0.6 is 11.6 Å². The van der Waals surface area contributed by atoms with Crippen LogP contribution in [0.25, 0.3) is 0 Å². The number of nitrogens with zero attached hydrogens (tertiary/aromatic N) is 3. The maximum absolute atomic E-state index is 13.6. The van der Waals surface area contributed by atoms with Crippen molar-refractivity contribution in [3.05, 3.63) is 70.2 Å². The zero-order valence-electron chi connectivity index (χ0n) is 15.5. The van der Waals surface area contributed by atoms with E-state index in [0.717, 1.165) is 30.8 Å². The molecule has 28 heavy (non-hydrogen) atoms. The van der Waals surface area contributed by atoms with Crippen molar-refractivity contribution in [2.24, 2.45) is 0 Å². The van der Waals surface area contributed by atoms with Gasteiger partial charge in [-0.1, -0.05) is 23.7 Å². The third kappa shape index (κ3) is 4.35. The Kier molecular flexibility index (Phi) is 5.62. The summed E-state index contributed by atoms with van der Waals surface area (Å²) in [5.41, 5.74) is 1.73. The third-order valence-corrected chi connectivity index (χ3v) is 5.66. The molecule has 2 aliphatic heterocycles. The summed E-state index contributed by atoms with van der Waals surface area (Å²) in [6.45, 7) is 4.80. The van der Waals surface area contributed by atoms with Gasteiger partial charge in [0.1, 0.15) is 17.7 Å². The highest BCUT2D eigenvalue weighted by Gasteiger charge is 2.38. The van der Waals surface area contributed by atoms with Gasteiger partial charge < -0.3 is 4.90 Å². The average molecular weight is 406 g/mol. The minimum Gasteiger partial charge on any atom is -0.336 e. The molecular weight excluding hydrogens is 384 g/mol. The number of rotatable bonds is 4. The first-order valence-corrected chi connectivity index (χ1v) is 9.80. The van der Waals surface area contributed by atoms with Crippen LogP contribution in [0.5, 0.6) is 0 Å². The number of carbonyl (C=O) groups excluding carboxylic acids is 1. The second-order valence-electron chi connectivity index (χ2n) is 7.45. The molecule has 2 aliphatic rings. The zero-order valence-corrected chi connectivity index (χ0v) is 16.2. The molecule has 4 nitrogen and oxygen atoms in total. The molecule has 0 spiro atoms. The van der Waals surface area contributed by atoms with Gasteiger partial charge in [0, 0.05) is 50.8 Å². The lowest BCUT2D eigenvalue weighted by Crippen LogP contribution is -2.64. The molecule has 148 valence electrons. The Labute approximate surface area is 168 Å². The Balaban J connectivity index is 1.42. The average Bonchev–Trinajstić information content (AvgIpc) is 2.65. The van der Waals surface area contributed by atoms with E-state index in [0.29, 0.717) is 31.2 Å². The number of carbonyl (C=O) groups is 1. The van der Waals surface area contributed by atoms with Crippen LogP contribution in [0.3, 0.4) is 0 Å². The molecule has 2 heterocycles. The van der Waals surface area contributed by atoms with Crippen molar-refractivity contribution < 1.29 is 13.6 Å². The number of benzene rings is 2. The van der Waals surface area contributed by atoms with Gasteiger partial charge >= 0.3 is 0 Å². The molecule has 0 saturated carbocycles. The van der Waals surface area contributed by atoms with Gasteiger partial charge in [-0.2, -0.15) is 0 Å². The number of fused-ring (bicyclic) bond motifs is 1. The zero-order chi connectivity index (χ0) is 19.7. The van der Waals surface area contributed by atoms with Crippen molar-refractivity contribution in [2.45, 2.75) is 19.1 Å². The van der Waals surface area contributed by atoms with Crippen LogP contribution in [0.1, 0.15) is 11.1 Å². The molecule has 1 amide bonds. The molecule has 1 unspecified atom stereocenters. The van der Waals surface area contributed by atoms with E-state index in [-0.39, 0.29) is 23.6 Å². The highest BCUT2D eigenvalue weighted by Crippen LogP contribution is 2.22. The van der Waals surface area contributed by atoms with Gasteiger partial charge in [0.2, 0.25) is 5.91 Å². The van der Waals surface area contributed by atoms with Gasteiger partial charge in [-0.15, -0.1) is 0 Å². The van der Waals surface area contributed by atoms with Crippen molar-refractivity contribution in [2.75, 3.05) is 32.7 Å². The van der Waals surface area contributed by atoms with Crippen LogP contribution in [0.2, 0.25) is 5.02 Å². The van der Waals surface area contributed by atoms with E-state index >= 15 is 0 Å². The molecule has 2 aromatic carbocycles. The largest absolute Gasteiger partial charge is 0.336 e. The Hall–Kier alpha value is -2.02. The van der Waals surface area contributed by atoms with Crippen LogP contribution in [0.4, 0.5) is 8.78 Å². The Bertz CT molecular complexity index is 841. The lowest BCUT2D eigenvalue weighted by molar-refractivity contribution is -0.146. The quantitative estimate of drug-likeness (QED) is 0.781. The molecular formula is C21H22ClF2N3O. The molecule has 0 aromatic heterocycles. The number of hydrogen-bond acceptors (Lipinski definition) is 3. The molecule has 1 atom stereocenters. The van der Waals surface area contributed by atoms with Crippen LogP contribution in [0, 0.1) is 11.6 Å². The van der Waals surface area contributed by atoms with Crippen LogP contribution in [-0.2, 0) is 17.9 Å². The van der Waals surface area contributed by atoms with E-state index in [1.165, 1.54) is 24.3 Å². The van der Waals surface area contributed by atoms with Crippen molar-refractivity contribution in [1.29, 1.82) is 0 Å². The Morgan fingerprint density at radius 3 is 2.39 bits per heavy atom. The molecule has 2 aromatic rings. The van der Waals surface area contributed by atoms with Gasteiger partial charge in [-0.25, -0.2) is 8.78 Å². The summed E-state index contributed by atoms with van der Waals surface area (Å²) in [7, 11) is 0. The molecule has 0 aliphatic carbocycles. The highest BCUT2D eigenvalue weighted by atomic mass is 35.5. The summed E-state index contributed by atoms with van der Waals surface area (Å²) in [4.78, 5) is 19.3. The van der Waals surface area contributed by atoms with Gasteiger partial charge in [0.25, 0.3) is 0 Å². The lowest BCUT2D eigenvalue weighted by atomic mass is 10.1. The molecule has 0 radical (unpaired) electrons. The predicted molar refractivity (Wildman–Crippen MR) is 104 cm³/mol. The van der Waals surface area contributed by atoms with Crippen LogP contribution in [-0.4, -0.2) is 59.4 Å². The maximum atomic E-state index is 13.6. The number of halogens is 3. The smallest absolute Gasteiger partial charge is 0.241 e. The van der Waals surface area contributed by atoms with Crippen molar-refractivity contribution in [1.82, 2.24) is 14.7 Å². The standard InChI is InChI=1S/C21H22ClF2N3O/c22-17-9-16(10-19(24)11-17)12-25-5-6-26-7-8-27(21(28)20(26)14-25)13-15-1-3-18(23)4-2-15/h1-4,9-11,20H,5-8,12-14H2. The molecule has 0 bridgehead atoms. The molecule has 7 heteroatoms. The second kappa shape index (κ2) is 8.15. The van der Waals surface area contributed by atoms with Crippen LogP contribution < -0.4 is 0 Å². The molecule has 0 N–H and O–H groups in total. The third-order valence-electron chi connectivity index (χ3n) is 5.44. The first kappa shape index (κ1) is 19.3. The van der Waals surface area contributed by atoms with E-state index in [9.17, 15) is 13.6 Å². The maximum Gasteiger partial charge on any atom is 0.241 e. The van der Waals surface area contributed by atoms with Crippen LogP contribution in [0.15, 0.2) is 42.5 Å². The highest BCUT2D eigenvalue weighted by molar-refractivity contribution is 6.30. The summed E-state index contributed by atoms with van der Waals surface area (Å²) in [6, 6.07) is 10.6. The first-order valence-electron chi connectivity index (χ1n) is 9.42. The number of piperazine rings is 2. The topological polar surface area (TPSA) is 26.8 Å². The number of amides is 1. The second-order valence-corrected chi connectivity index (χ2v) is 7.89. The normalized spacial score (nSPS) is 21.0. The van der Waals surface area contributed by atoms with Gasteiger partial charge in [-0.05, 0) is 41.5 Å². The summed E-state index contributed by atoms with van der Waals surface area (Å²) < 4.78 is 26.7. The van der Waals surface area contributed by atoms with E-state index in [2.05, 4.69) is 9.80 Å². The minimum absolute atomic E-state index is 0.0950. The first-order chi connectivity index (χ1) is 13.5. The summed E-state index contributed by atoms with van der Waals surface area (Å²) >= 11 is 5.96. The fraction of sp³-hybridized carbons (Fsp3) is 0.381. The number of hydrogen-bond donors (Lipinski definition) is 0. The fourth-order valence-corrected chi connectivity index (χ4v) is 4.26. The van der Waals surface area contributed by atoms with Crippen molar-refractivity contribution in [3.8, 4) is 0 Å². The predicted octanol–water partition coefficient (Wildman–Crippen LogP) is 3.15. The van der Waals surface area contributed by atoms with E-state index in [1.807, 2.05) is 4.90 Å². The SMILES string of the molecule is O=C1C2CN(Cc3cc(F)cc(Cl)c3)CCN2CCN1Cc1ccc(F)cc1. The fourth-order valence-electron chi connectivity index (χ4n) is 4.02. The van der Waals surface area contributed by atoms with E-state index in [1.54, 1.807) is 18.2 Å². The molecule has 2 fully saturated rings. The Morgan fingerprint density at radius 2 is 1.64 bits per heavy atom. The van der Waals surface area contributed by atoms with Crippen molar-refractivity contribution in [3.63, 3.8) is 0 Å². The summed E-state index contributed by atoms with van der Waals surface area (Å²) in [5, 5.41) is 0.382. The molecule has 2 saturated heterocycles. The Morgan fingerprint density at radius 1 is 0.893 bits per heavy atom. The van der Waals surface area contributed by atoms with E-state index < -0.39 is 0 Å².